The Morgan fingerprint density at radius 2 is 1.57 bits per heavy atom. The first kappa shape index (κ1) is 15.8. The zero-order chi connectivity index (χ0) is 16.1. The van der Waals surface area contributed by atoms with Crippen LogP contribution in [0.25, 0.3) is 0 Å². The van der Waals surface area contributed by atoms with Crippen LogP contribution in [0.5, 0.6) is 0 Å². The Kier molecular flexibility index (Phi) is 5.12. The molecule has 1 aliphatic rings. The first-order valence-corrected chi connectivity index (χ1v) is 8.78. The van der Waals surface area contributed by atoms with Gasteiger partial charge in [0, 0.05) is 5.92 Å². The van der Waals surface area contributed by atoms with Crippen LogP contribution >= 0.6 is 0 Å². The van der Waals surface area contributed by atoms with Gasteiger partial charge < -0.3 is 0 Å². The molecule has 0 aliphatic heterocycles. The largest absolute Gasteiger partial charge is 0.0801 e. The number of allylic oxidation sites excluding steroid dienone is 4. The highest BCUT2D eigenvalue weighted by atomic mass is 14.3. The van der Waals surface area contributed by atoms with Gasteiger partial charge in [0.05, 0.1) is 0 Å². The third kappa shape index (κ3) is 3.64. The van der Waals surface area contributed by atoms with E-state index in [-0.39, 0.29) is 0 Å². The van der Waals surface area contributed by atoms with Crippen LogP contribution in [0.4, 0.5) is 0 Å². The van der Waals surface area contributed by atoms with Crippen LogP contribution in [0.3, 0.4) is 0 Å². The van der Waals surface area contributed by atoms with Crippen LogP contribution in [0.15, 0.2) is 84.0 Å². The van der Waals surface area contributed by atoms with E-state index >= 15 is 0 Å². The molecular weight excluding hydrogens is 276 g/mol. The van der Waals surface area contributed by atoms with Gasteiger partial charge in [-0.25, -0.2) is 0 Å². The van der Waals surface area contributed by atoms with Gasteiger partial charge in [0.2, 0.25) is 0 Å². The highest BCUT2D eigenvalue weighted by molar-refractivity contribution is 5.43. The van der Waals surface area contributed by atoms with E-state index in [9.17, 15) is 0 Å². The molecule has 0 aromatic heterocycles. The Hall–Kier alpha value is -2.08. The van der Waals surface area contributed by atoms with E-state index in [2.05, 4.69) is 86.7 Å². The lowest BCUT2D eigenvalue weighted by Crippen LogP contribution is -2.09. The summed E-state index contributed by atoms with van der Waals surface area (Å²) in [6.07, 6.45) is 8.10. The lowest BCUT2D eigenvalue weighted by atomic mass is 9.81. The Morgan fingerprint density at radius 3 is 2.22 bits per heavy atom. The fraction of sp³-hybridized carbons (Fsp3) is 0.304. The number of benzene rings is 2. The molecule has 118 valence electrons. The molecule has 0 heterocycles. The van der Waals surface area contributed by atoms with Crippen LogP contribution in [0, 0.1) is 5.92 Å². The summed E-state index contributed by atoms with van der Waals surface area (Å²) < 4.78 is 0. The molecule has 0 nitrogen and oxygen atoms in total. The van der Waals surface area contributed by atoms with Gasteiger partial charge in [-0.2, -0.15) is 0 Å². The highest BCUT2D eigenvalue weighted by Crippen LogP contribution is 2.39. The summed E-state index contributed by atoms with van der Waals surface area (Å²) in [4.78, 5) is 0. The van der Waals surface area contributed by atoms with Crippen molar-refractivity contribution in [3.05, 3.63) is 95.1 Å². The molecule has 0 amide bonds. The van der Waals surface area contributed by atoms with Crippen molar-refractivity contribution in [3.63, 3.8) is 0 Å². The average Bonchev–Trinajstić information content (AvgIpc) is 3.10. The molecule has 0 fully saturated rings. The Labute approximate surface area is 140 Å². The third-order valence-corrected chi connectivity index (χ3v) is 5.05. The van der Waals surface area contributed by atoms with Crippen LogP contribution in [0.2, 0.25) is 0 Å². The Balaban J connectivity index is 1.99. The molecule has 0 saturated carbocycles. The fourth-order valence-electron chi connectivity index (χ4n) is 3.56. The SMILES string of the molecule is CCC(C)C1=C(C(Cc2ccccc2)c2ccccc2)CC=C1. The van der Waals surface area contributed by atoms with Crippen LogP contribution < -0.4 is 0 Å². The summed E-state index contributed by atoms with van der Waals surface area (Å²) in [6, 6.07) is 21.9. The summed E-state index contributed by atoms with van der Waals surface area (Å²) in [7, 11) is 0. The maximum Gasteiger partial charge on any atom is 0.00976 e. The van der Waals surface area contributed by atoms with Crippen molar-refractivity contribution in [2.45, 2.75) is 39.0 Å². The third-order valence-electron chi connectivity index (χ3n) is 5.05. The van der Waals surface area contributed by atoms with Gasteiger partial charge in [-0.1, -0.05) is 92.2 Å². The molecule has 0 heteroatoms. The summed E-state index contributed by atoms with van der Waals surface area (Å²) in [6.45, 7) is 4.64. The summed E-state index contributed by atoms with van der Waals surface area (Å²) in [5.74, 6) is 1.13. The second-order valence-corrected chi connectivity index (χ2v) is 6.55. The monoisotopic (exact) mass is 302 g/mol. The van der Waals surface area contributed by atoms with Crippen molar-refractivity contribution in [2.24, 2.45) is 5.92 Å². The van der Waals surface area contributed by atoms with Crippen molar-refractivity contribution in [2.75, 3.05) is 0 Å². The standard InChI is InChI=1S/C23H26/c1-3-18(2)21-15-10-16-22(21)23(20-13-8-5-9-14-20)17-19-11-6-4-7-12-19/h4-15,18,23H,3,16-17H2,1-2H3. The fourth-order valence-corrected chi connectivity index (χ4v) is 3.56. The van der Waals surface area contributed by atoms with E-state index in [0.29, 0.717) is 11.8 Å². The van der Waals surface area contributed by atoms with Gasteiger partial charge in [0.1, 0.15) is 0 Å². The molecule has 2 atom stereocenters. The number of rotatable bonds is 6. The van der Waals surface area contributed by atoms with Gasteiger partial charge in [0.15, 0.2) is 0 Å². The molecule has 1 aliphatic carbocycles. The van der Waals surface area contributed by atoms with Crippen molar-refractivity contribution in [1.29, 1.82) is 0 Å². The van der Waals surface area contributed by atoms with E-state index in [4.69, 9.17) is 0 Å². The lowest BCUT2D eigenvalue weighted by molar-refractivity contribution is 0.647. The van der Waals surface area contributed by atoms with E-state index in [0.717, 1.165) is 12.8 Å². The van der Waals surface area contributed by atoms with Crippen LogP contribution in [-0.2, 0) is 6.42 Å². The van der Waals surface area contributed by atoms with Crippen LogP contribution in [-0.4, -0.2) is 0 Å². The number of hydrogen-bond acceptors (Lipinski definition) is 0. The molecule has 3 rings (SSSR count). The molecule has 0 radical (unpaired) electrons. The van der Waals surface area contributed by atoms with E-state index in [1.165, 1.54) is 17.5 Å². The highest BCUT2D eigenvalue weighted by Gasteiger charge is 2.23. The minimum Gasteiger partial charge on any atom is -0.0801 e. The van der Waals surface area contributed by atoms with Gasteiger partial charge >= 0.3 is 0 Å². The zero-order valence-corrected chi connectivity index (χ0v) is 14.2. The van der Waals surface area contributed by atoms with E-state index in [1.807, 2.05) is 0 Å². The first-order valence-electron chi connectivity index (χ1n) is 8.78. The van der Waals surface area contributed by atoms with E-state index < -0.39 is 0 Å². The van der Waals surface area contributed by atoms with Gasteiger partial charge in [0.25, 0.3) is 0 Å². The second-order valence-electron chi connectivity index (χ2n) is 6.55. The molecule has 2 unspecified atom stereocenters. The molecule has 0 spiro atoms. The van der Waals surface area contributed by atoms with Gasteiger partial charge in [-0.3, -0.25) is 0 Å². The normalized spacial score (nSPS) is 16.6. The first-order chi connectivity index (χ1) is 11.3. The molecular formula is C23H26. The zero-order valence-electron chi connectivity index (χ0n) is 14.2. The van der Waals surface area contributed by atoms with Crippen molar-refractivity contribution < 1.29 is 0 Å². The smallest absolute Gasteiger partial charge is 0.00976 e. The van der Waals surface area contributed by atoms with Crippen molar-refractivity contribution >= 4 is 0 Å². The maximum absolute atomic E-state index is 2.37. The Bertz CT molecular complexity index is 676. The minimum absolute atomic E-state index is 0.484. The van der Waals surface area contributed by atoms with E-state index in [1.54, 1.807) is 11.1 Å². The summed E-state index contributed by atoms with van der Waals surface area (Å²) in [5.41, 5.74) is 6.05. The van der Waals surface area contributed by atoms with Gasteiger partial charge in [-0.05, 0) is 41.9 Å². The van der Waals surface area contributed by atoms with Crippen LogP contribution in [0.1, 0.15) is 43.7 Å². The van der Waals surface area contributed by atoms with Gasteiger partial charge in [-0.15, -0.1) is 0 Å². The quantitative estimate of drug-likeness (QED) is 0.586. The predicted octanol–water partition coefficient (Wildman–Crippen LogP) is 6.32. The van der Waals surface area contributed by atoms with Crippen molar-refractivity contribution in [3.8, 4) is 0 Å². The molecule has 0 saturated heterocycles. The summed E-state index contributed by atoms with van der Waals surface area (Å²) in [5, 5.41) is 0. The predicted molar refractivity (Wildman–Crippen MR) is 99.6 cm³/mol. The maximum atomic E-state index is 2.37. The lowest BCUT2D eigenvalue weighted by Gasteiger charge is -2.23. The second kappa shape index (κ2) is 7.46. The molecule has 0 bridgehead atoms. The topological polar surface area (TPSA) is 0 Å². The average molecular weight is 302 g/mol. The number of hydrogen-bond donors (Lipinski definition) is 0. The molecule has 0 N–H and O–H groups in total. The minimum atomic E-state index is 0.484. The molecule has 2 aromatic carbocycles. The Morgan fingerprint density at radius 1 is 0.913 bits per heavy atom. The van der Waals surface area contributed by atoms with Crippen molar-refractivity contribution in [1.82, 2.24) is 0 Å². The molecule has 2 aromatic rings. The molecule has 23 heavy (non-hydrogen) atoms. The summed E-state index contributed by atoms with van der Waals surface area (Å²) >= 11 is 0.